The van der Waals surface area contributed by atoms with Gasteiger partial charge >= 0.3 is 5.97 Å². The molecule has 0 spiro atoms. The minimum atomic E-state index is -0.786. The second kappa shape index (κ2) is 9.93. The van der Waals surface area contributed by atoms with Gasteiger partial charge in [0.05, 0.1) is 12.7 Å². The number of methoxy groups -OCH3 is 1. The maximum absolute atomic E-state index is 13.4. The van der Waals surface area contributed by atoms with Crippen molar-refractivity contribution in [3.8, 4) is 22.5 Å². The molecule has 7 heteroatoms. The van der Waals surface area contributed by atoms with Crippen molar-refractivity contribution < 1.29 is 27.9 Å². The number of ether oxygens (including phenoxy) is 1. The number of carbonyl (C=O) groups excluding carboxylic acids is 3. The highest BCUT2D eigenvalue weighted by Gasteiger charge is 2.22. The fourth-order valence-electron chi connectivity index (χ4n) is 3.89. The van der Waals surface area contributed by atoms with Gasteiger partial charge in [0.1, 0.15) is 23.2 Å². The van der Waals surface area contributed by atoms with Crippen LogP contribution in [-0.4, -0.2) is 30.8 Å². The largest absolute Gasteiger partial charge is 0.467 e. The Kier molecular flexibility index (Phi) is 6.78. The van der Waals surface area contributed by atoms with Crippen LogP contribution in [0.4, 0.5) is 4.39 Å². The molecule has 1 amide bonds. The fourth-order valence-corrected chi connectivity index (χ4v) is 3.89. The first-order chi connectivity index (χ1) is 16.8. The zero-order valence-electron chi connectivity index (χ0n) is 19.6. The number of furan rings is 1. The van der Waals surface area contributed by atoms with E-state index < -0.39 is 17.9 Å². The number of amides is 1. The molecule has 0 aliphatic rings. The minimum Gasteiger partial charge on any atom is -0.467 e. The molecule has 0 saturated carbocycles. The SMILES string of the molecule is CCC(=O)c1c(-c2ccc(F)cc2)oc2ccc(-c3cccc(C(=O)N[C@@H](C)C(=O)OC)c3)cc12. The van der Waals surface area contributed by atoms with E-state index in [0.29, 0.717) is 33.4 Å². The van der Waals surface area contributed by atoms with Crippen LogP contribution in [0.5, 0.6) is 0 Å². The molecule has 35 heavy (non-hydrogen) atoms. The van der Waals surface area contributed by atoms with Crippen molar-refractivity contribution in [2.75, 3.05) is 7.11 Å². The third-order valence-corrected chi connectivity index (χ3v) is 5.75. The van der Waals surface area contributed by atoms with E-state index in [1.165, 1.54) is 19.2 Å². The number of hydrogen-bond acceptors (Lipinski definition) is 5. The van der Waals surface area contributed by atoms with Gasteiger partial charge < -0.3 is 14.5 Å². The van der Waals surface area contributed by atoms with Crippen LogP contribution in [0.2, 0.25) is 0 Å². The average molecular weight is 474 g/mol. The van der Waals surface area contributed by atoms with Gasteiger partial charge in [-0.3, -0.25) is 9.59 Å². The van der Waals surface area contributed by atoms with E-state index >= 15 is 0 Å². The quantitative estimate of drug-likeness (QED) is 0.271. The highest BCUT2D eigenvalue weighted by molar-refractivity contribution is 6.12. The van der Waals surface area contributed by atoms with E-state index in [9.17, 15) is 18.8 Å². The molecule has 0 fully saturated rings. The molecular formula is C28H24FNO5. The number of ketones is 1. The first-order valence-electron chi connectivity index (χ1n) is 11.2. The Morgan fingerprint density at radius 2 is 1.66 bits per heavy atom. The van der Waals surface area contributed by atoms with Crippen LogP contribution < -0.4 is 5.32 Å². The molecule has 1 atom stereocenters. The van der Waals surface area contributed by atoms with E-state index in [2.05, 4.69) is 10.1 Å². The van der Waals surface area contributed by atoms with Gasteiger partial charge in [0.2, 0.25) is 0 Å². The summed E-state index contributed by atoms with van der Waals surface area (Å²) in [6, 6.07) is 17.4. The summed E-state index contributed by atoms with van der Waals surface area (Å²) >= 11 is 0. The number of nitrogens with one attached hydrogen (secondary N) is 1. The molecule has 6 nitrogen and oxygen atoms in total. The lowest BCUT2D eigenvalue weighted by molar-refractivity contribution is -0.142. The number of esters is 1. The summed E-state index contributed by atoms with van der Waals surface area (Å²) in [6.07, 6.45) is 0.279. The summed E-state index contributed by atoms with van der Waals surface area (Å²) in [5.74, 6) is -1.01. The third kappa shape index (κ3) is 4.84. The molecule has 4 aromatic rings. The van der Waals surface area contributed by atoms with Gasteiger partial charge in [-0.25, -0.2) is 9.18 Å². The lowest BCUT2D eigenvalue weighted by Gasteiger charge is -2.12. The standard InChI is InChI=1S/C28H24FNO5/c1-4-23(31)25-22-15-19(10-13-24(22)35-26(25)17-8-11-21(29)12-9-17)18-6-5-7-20(14-18)27(32)30-16(2)28(33)34-3/h5-16H,4H2,1-3H3,(H,30,32)/t16-/m0/s1. The van der Waals surface area contributed by atoms with E-state index in [-0.39, 0.29) is 18.0 Å². The summed E-state index contributed by atoms with van der Waals surface area (Å²) in [6.45, 7) is 3.32. The molecular weight excluding hydrogens is 449 g/mol. The Labute approximate surface area is 201 Å². The predicted octanol–water partition coefficient (Wildman–Crippen LogP) is 5.79. The third-order valence-electron chi connectivity index (χ3n) is 5.75. The highest BCUT2D eigenvalue weighted by Crippen LogP contribution is 2.37. The lowest BCUT2D eigenvalue weighted by atomic mass is 9.97. The molecule has 0 bridgehead atoms. The normalized spacial score (nSPS) is 11.8. The maximum atomic E-state index is 13.4. The molecule has 178 valence electrons. The second-order valence-corrected chi connectivity index (χ2v) is 8.10. The first kappa shape index (κ1) is 23.9. The average Bonchev–Trinajstić information content (AvgIpc) is 3.26. The van der Waals surface area contributed by atoms with Crippen LogP contribution >= 0.6 is 0 Å². The van der Waals surface area contributed by atoms with E-state index in [1.807, 2.05) is 18.2 Å². The monoisotopic (exact) mass is 473 g/mol. The lowest BCUT2D eigenvalue weighted by Crippen LogP contribution is -2.39. The number of halogens is 1. The van der Waals surface area contributed by atoms with Crippen molar-refractivity contribution >= 4 is 28.6 Å². The maximum Gasteiger partial charge on any atom is 0.328 e. The fraction of sp³-hybridized carbons (Fsp3) is 0.179. The minimum absolute atomic E-state index is 0.0925. The number of rotatable bonds is 7. The van der Waals surface area contributed by atoms with Crippen molar-refractivity contribution in [2.24, 2.45) is 0 Å². The molecule has 1 N–H and O–H groups in total. The predicted molar refractivity (Wildman–Crippen MR) is 131 cm³/mol. The van der Waals surface area contributed by atoms with Crippen LogP contribution in [0.15, 0.2) is 71.1 Å². The van der Waals surface area contributed by atoms with Gasteiger partial charge in [-0.05, 0) is 66.6 Å². The topological polar surface area (TPSA) is 85.6 Å². The molecule has 3 aromatic carbocycles. The number of hydrogen-bond donors (Lipinski definition) is 1. The zero-order valence-corrected chi connectivity index (χ0v) is 19.6. The van der Waals surface area contributed by atoms with Gasteiger partial charge in [-0.15, -0.1) is 0 Å². The molecule has 0 aliphatic carbocycles. The summed E-state index contributed by atoms with van der Waals surface area (Å²) in [7, 11) is 1.26. The van der Waals surface area contributed by atoms with Crippen molar-refractivity contribution in [2.45, 2.75) is 26.3 Å². The van der Waals surface area contributed by atoms with Gasteiger partial charge in [0.25, 0.3) is 5.91 Å². The smallest absolute Gasteiger partial charge is 0.328 e. The van der Waals surface area contributed by atoms with E-state index in [4.69, 9.17) is 4.42 Å². The Balaban J connectivity index is 1.75. The first-order valence-corrected chi connectivity index (χ1v) is 11.2. The van der Waals surface area contributed by atoms with Crippen LogP contribution in [0.25, 0.3) is 33.4 Å². The van der Waals surface area contributed by atoms with Crippen molar-refractivity contribution in [1.29, 1.82) is 0 Å². The molecule has 1 heterocycles. The van der Waals surface area contributed by atoms with Gasteiger partial charge in [0.15, 0.2) is 5.78 Å². The summed E-state index contributed by atoms with van der Waals surface area (Å²) in [5.41, 5.74) is 3.50. The Bertz CT molecular complexity index is 1420. The van der Waals surface area contributed by atoms with E-state index in [0.717, 1.165) is 11.1 Å². The Morgan fingerprint density at radius 3 is 2.34 bits per heavy atom. The van der Waals surface area contributed by atoms with Crippen LogP contribution in [0, 0.1) is 5.82 Å². The highest BCUT2D eigenvalue weighted by atomic mass is 19.1. The molecule has 4 rings (SSSR count). The zero-order chi connectivity index (χ0) is 25.1. The number of carbonyl (C=O) groups is 3. The van der Waals surface area contributed by atoms with Crippen LogP contribution in [-0.2, 0) is 9.53 Å². The summed E-state index contributed by atoms with van der Waals surface area (Å²) < 4.78 is 24.1. The van der Waals surface area contributed by atoms with Crippen molar-refractivity contribution in [3.63, 3.8) is 0 Å². The van der Waals surface area contributed by atoms with Crippen molar-refractivity contribution in [3.05, 3.63) is 83.7 Å². The second-order valence-electron chi connectivity index (χ2n) is 8.10. The van der Waals surface area contributed by atoms with E-state index in [1.54, 1.807) is 50.2 Å². The van der Waals surface area contributed by atoms with Crippen LogP contribution in [0.1, 0.15) is 41.0 Å². The summed E-state index contributed by atoms with van der Waals surface area (Å²) in [4.78, 5) is 37.2. The Morgan fingerprint density at radius 1 is 0.971 bits per heavy atom. The number of benzene rings is 3. The molecule has 0 unspecified atom stereocenters. The molecule has 0 aliphatic heterocycles. The van der Waals surface area contributed by atoms with Gasteiger partial charge in [0, 0.05) is 22.9 Å². The van der Waals surface area contributed by atoms with Gasteiger partial charge in [-0.2, -0.15) is 0 Å². The van der Waals surface area contributed by atoms with Crippen LogP contribution in [0.3, 0.4) is 0 Å². The molecule has 0 radical (unpaired) electrons. The Hall–Kier alpha value is -4.26. The van der Waals surface area contributed by atoms with Gasteiger partial charge in [-0.1, -0.05) is 25.1 Å². The molecule has 0 saturated heterocycles. The summed E-state index contributed by atoms with van der Waals surface area (Å²) in [5, 5.41) is 3.25. The molecule has 1 aromatic heterocycles. The number of fused-ring (bicyclic) bond motifs is 1. The number of Topliss-reactive ketones (excluding diaryl/α,β-unsaturated/α-hetero) is 1. The van der Waals surface area contributed by atoms with Crippen molar-refractivity contribution in [1.82, 2.24) is 5.32 Å².